The number of esters is 1. The lowest BCUT2D eigenvalue weighted by molar-refractivity contribution is -0.160. The van der Waals surface area contributed by atoms with E-state index in [1.165, 1.54) is 12.8 Å². The van der Waals surface area contributed by atoms with Crippen LogP contribution in [0, 0.1) is 23.7 Å². The van der Waals surface area contributed by atoms with Crippen molar-refractivity contribution in [2.24, 2.45) is 23.7 Å². The maximum atomic E-state index is 11.4. The molecule has 0 radical (unpaired) electrons. The number of carbonyl (C=O) groups excluding carboxylic acids is 1. The lowest BCUT2D eigenvalue weighted by Crippen LogP contribution is -2.37. The van der Waals surface area contributed by atoms with E-state index in [1.807, 2.05) is 0 Å². The van der Waals surface area contributed by atoms with Gasteiger partial charge in [0, 0.05) is 0 Å². The minimum absolute atomic E-state index is 0.0584. The van der Waals surface area contributed by atoms with Crippen molar-refractivity contribution < 1.29 is 9.53 Å². The molecule has 0 aromatic carbocycles. The molecule has 0 amide bonds. The molecule has 2 aliphatic rings. The molecule has 2 rings (SSSR count). The second kappa shape index (κ2) is 2.75. The summed E-state index contributed by atoms with van der Waals surface area (Å²) in [7, 11) is 0. The molecule has 0 aromatic rings. The molecule has 0 aromatic heterocycles. The Bertz CT molecular complexity index is 200. The van der Waals surface area contributed by atoms with Gasteiger partial charge in [0.2, 0.25) is 0 Å². The van der Waals surface area contributed by atoms with E-state index >= 15 is 0 Å². The Morgan fingerprint density at radius 2 is 2.00 bits per heavy atom. The summed E-state index contributed by atoms with van der Waals surface area (Å²) in [4.78, 5) is 11.4. The maximum absolute atomic E-state index is 11.4. The van der Waals surface area contributed by atoms with E-state index in [0.29, 0.717) is 24.4 Å². The molecular weight excluding hydrogens is 152 g/mol. The minimum Gasteiger partial charge on any atom is -0.465 e. The van der Waals surface area contributed by atoms with Gasteiger partial charge in [-0.15, -0.1) is 0 Å². The lowest BCUT2D eigenvalue weighted by atomic mass is 9.81. The van der Waals surface area contributed by atoms with Crippen LogP contribution in [0.1, 0.15) is 26.7 Å². The zero-order valence-electron chi connectivity index (χ0n) is 7.75. The Hall–Kier alpha value is -0.530. The highest BCUT2D eigenvalue weighted by Gasteiger charge is 2.45. The van der Waals surface area contributed by atoms with Crippen molar-refractivity contribution in [3.05, 3.63) is 0 Å². The number of rotatable bonds is 0. The van der Waals surface area contributed by atoms with Crippen LogP contribution in [-0.2, 0) is 9.53 Å². The van der Waals surface area contributed by atoms with Crippen LogP contribution in [0.15, 0.2) is 0 Å². The summed E-state index contributed by atoms with van der Waals surface area (Å²) >= 11 is 0. The number of hydrogen-bond acceptors (Lipinski definition) is 2. The number of cyclic esters (lactones) is 1. The second-order valence-electron chi connectivity index (χ2n) is 4.35. The Morgan fingerprint density at radius 1 is 1.25 bits per heavy atom. The quantitative estimate of drug-likeness (QED) is 0.516. The monoisotopic (exact) mass is 168 g/mol. The first-order valence-electron chi connectivity index (χ1n) is 4.87. The van der Waals surface area contributed by atoms with Gasteiger partial charge in [0.1, 0.15) is 0 Å². The van der Waals surface area contributed by atoms with Crippen molar-refractivity contribution >= 4 is 5.97 Å². The standard InChI is InChI=1S/C10H16O2/c1-6-3-4-8-7(2)5-12-10(11)9(6)8/h6-9H,3-5H2,1-2H3/t6?,7-,8-,9-/m1/s1. The number of hydrogen-bond donors (Lipinski definition) is 0. The molecule has 0 spiro atoms. The third kappa shape index (κ3) is 1.05. The van der Waals surface area contributed by atoms with Gasteiger partial charge < -0.3 is 4.74 Å². The Balaban J connectivity index is 2.18. The normalized spacial score (nSPS) is 47.0. The van der Waals surface area contributed by atoms with Crippen molar-refractivity contribution in [3.63, 3.8) is 0 Å². The van der Waals surface area contributed by atoms with Crippen LogP contribution in [0.5, 0.6) is 0 Å². The van der Waals surface area contributed by atoms with Crippen LogP contribution in [0.2, 0.25) is 0 Å². The fourth-order valence-corrected chi connectivity index (χ4v) is 2.72. The first-order chi connectivity index (χ1) is 5.70. The van der Waals surface area contributed by atoms with Gasteiger partial charge in [0.25, 0.3) is 0 Å². The average molecular weight is 168 g/mol. The van der Waals surface area contributed by atoms with Crippen molar-refractivity contribution in [2.45, 2.75) is 26.7 Å². The maximum Gasteiger partial charge on any atom is 0.309 e. The smallest absolute Gasteiger partial charge is 0.309 e. The highest BCUT2D eigenvalue weighted by Crippen LogP contribution is 2.44. The molecule has 0 N–H and O–H groups in total. The van der Waals surface area contributed by atoms with Crippen molar-refractivity contribution in [1.29, 1.82) is 0 Å². The van der Waals surface area contributed by atoms with E-state index in [0.717, 1.165) is 0 Å². The largest absolute Gasteiger partial charge is 0.465 e. The summed E-state index contributed by atoms with van der Waals surface area (Å²) in [6.45, 7) is 5.01. The Labute approximate surface area is 73.3 Å². The molecule has 68 valence electrons. The summed E-state index contributed by atoms with van der Waals surface area (Å²) in [6, 6.07) is 0. The number of fused-ring (bicyclic) bond motifs is 1. The van der Waals surface area contributed by atoms with Crippen molar-refractivity contribution in [3.8, 4) is 0 Å². The van der Waals surface area contributed by atoms with E-state index in [4.69, 9.17) is 4.74 Å². The van der Waals surface area contributed by atoms with Gasteiger partial charge in [-0.1, -0.05) is 13.8 Å². The molecule has 1 heterocycles. The summed E-state index contributed by atoms with van der Waals surface area (Å²) < 4.78 is 5.14. The van der Waals surface area contributed by atoms with Gasteiger partial charge in [-0.2, -0.15) is 0 Å². The fourth-order valence-electron chi connectivity index (χ4n) is 2.72. The molecule has 4 atom stereocenters. The van der Waals surface area contributed by atoms with Gasteiger partial charge in [-0.25, -0.2) is 0 Å². The van der Waals surface area contributed by atoms with Gasteiger partial charge in [-0.05, 0) is 30.6 Å². The molecule has 2 nitrogen and oxygen atoms in total. The zero-order chi connectivity index (χ0) is 8.72. The zero-order valence-corrected chi connectivity index (χ0v) is 7.75. The fraction of sp³-hybridized carbons (Fsp3) is 0.900. The van der Waals surface area contributed by atoms with Crippen LogP contribution < -0.4 is 0 Å². The minimum atomic E-state index is 0.0584. The van der Waals surface area contributed by atoms with Gasteiger partial charge >= 0.3 is 5.97 Å². The van der Waals surface area contributed by atoms with Crippen LogP contribution in [0.25, 0.3) is 0 Å². The average Bonchev–Trinajstić information content (AvgIpc) is 2.42. The topological polar surface area (TPSA) is 26.3 Å². The van der Waals surface area contributed by atoms with E-state index in [-0.39, 0.29) is 11.9 Å². The Kier molecular flexibility index (Phi) is 1.85. The van der Waals surface area contributed by atoms with Crippen LogP contribution in [-0.4, -0.2) is 12.6 Å². The van der Waals surface area contributed by atoms with Gasteiger partial charge in [0.15, 0.2) is 0 Å². The summed E-state index contributed by atoms with van der Waals surface area (Å²) in [5.74, 6) is 2.01. The van der Waals surface area contributed by atoms with Gasteiger partial charge in [0.05, 0.1) is 12.5 Å². The molecule has 12 heavy (non-hydrogen) atoms. The van der Waals surface area contributed by atoms with E-state index in [1.54, 1.807) is 0 Å². The molecule has 1 aliphatic heterocycles. The van der Waals surface area contributed by atoms with Crippen molar-refractivity contribution in [1.82, 2.24) is 0 Å². The van der Waals surface area contributed by atoms with Crippen LogP contribution in [0.3, 0.4) is 0 Å². The number of carbonyl (C=O) groups is 1. The predicted molar refractivity (Wildman–Crippen MR) is 45.5 cm³/mol. The summed E-state index contributed by atoms with van der Waals surface area (Å²) in [5.41, 5.74) is 0. The molecule has 0 bridgehead atoms. The van der Waals surface area contributed by atoms with Gasteiger partial charge in [-0.3, -0.25) is 4.79 Å². The Morgan fingerprint density at radius 3 is 2.67 bits per heavy atom. The third-order valence-corrected chi connectivity index (χ3v) is 3.52. The van der Waals surface area contributed by atoms with E-state index in [2.05, 4.69) is 13.8 Å². The molecule has 1 saturated heterocycles. The molecular formula is C10H16O2. The van der Waals surface area contributed by atoms with E-state index < -0.39 is 0 Å². The highest BCUT2D eigenvalue weighted by molar-refractivity contribution is 5.74. The molecule has 1 unspecified atom stereocenters. The first-order valence-corrected chi connectivity index (χ1v) is 4.87. The van der Waals surface area contributed by atoms with E-state index in [9.17, 15) is 4.79 Å². The molecule has 1 aliphatic carbocycles. The molecule has 1 saturated carbocycles. The molecule has 2 heteroatoms. The predicted octanol–water partition coefficient (Wildman–Crippen LogP) is 1.84. The van der Waals surface area contributed by atoms with Crippen molar-refractivity contribution in [2.75, 3.05) is 6.61 Å². The first kappa shape index (κ1) is 8.09. The highest BCUT2D eigenvalue weighted by atomic mass is 16.5. The third-order valence-electron chi connectivity index (χ3n) is 3.52. The summed E-state index contributed by atoms with van der Waals surface area (Å²) in [5, 5.41) is 0. The number of ether oxygens (including phenoxy) is 1. The summed E-state index contributed by atoms with van der Waals surface area (Å²) in [6.07, 6.45) is 2.43. The second-order valence-corrected chi connectivity index (χ2v) is 4.35. The van der Waals surface area contributed by atoms with Crippen LogP contribution >= 0.6 is 0 Å². The molecule has 2 fully saturated rings. The lowest BCUT2D eigenvalue weighted by Gasteiger charge is -2.31. The SMILES string of the molecule is CC1CC[C@@H]2[C@H](C)COC(=O)[C@H]12. The van der Waals surface area contributed by atoms with Crippen LogP contribution in [0.4, 0.5) is 0 Å².